The van der Waals surface area contributed by atoms with Gasteiger partial charge in [-0.05, 0) is 32.1 Å². The Morgan fingerprint density at radius 1 is 1.54 bits per heavy atom. The number of hydrogen-bond donors (Lipinski definition) is 1. The SMILES string of the molecule is COC(=O)C1CCC/C(=N\N)CC1. The number of nitrogens with zero attached hydrogens (tertiary/aromatic N) is 1. The maximum absolute atomic E-state index is 11.2. The largest absolute Gasteiger partial charge is 0.469 e. The van der Waals surface area contributed by atoms with Gasteiger partial charge in [-0.2, -0.15) is 5.10 Å². The van der Waals surface area contributed by atoms with Crippen molar-refractivity contribution in [3.63, 3.8) is 0 Å². The number of methoxy groups -OCH3 is 1. The fraction of sp³-hybridized carbons (Fsp3) is 0.778. The van der Waals surface area contributed by atoms with E-state index in [1.54, 1.807) is 0 Å². The molecule has 1 unspecified atom stereocenters. The first-order valence-electron chi connectivity index (χ1n) is 4.61. The number of ether oxygens (including phenoxy) is 1. The minimum absolute atomic E-state index is 0.0456. The number of carbonyl (C=O) groups is 1. The Bertz CT molecular complexity index is 214. The lowest BCUT2D eigenvalue weighted by atomic mass is 10.0. The van der Waals surface area contributed by atoms with E-state index in [1.807, 2.05) is 0 Å². The molecule has 1 saturated carbocycles. The van der Waals surface area contributed by atoms with Gasteiger partial charge < -0.3 is 10.6 Å². The molecule has 1 fully saturated rings. The number of carbonyl (C=O) groups excluding carboxylic acids is 1. The topological polar surface area (TPSA) is 64.7 Å². The van der Waals surface area contributed by atoms with Gasteiger partial charge in [0, 0.05) is 5.71 Å². The summed E-state index contributed by atoms with van der Waals surface area (Å²) in [5, 5.41) is 3.69. The molecule has 0 aromatic heterocycles. The summed E-state index contributed by atoms with van der Waals surface area (Å²) in [7, 11) is 1.44. The van der Waals surface area contributed by atoms with Crippen LogP contribution in [-0.4, -0.2) is 18.8 Å². The third kappa shape index (κ3) is 2.72. The van der Waals surface area contributed by atoms with Crippen LogP contribution in [0, 0.1) is 5.92 Å². The van der Waals surface area contributed by atoms with Crippen LogP contribution in [0.25, 0.3) is 0 Å². The molecule has 0 heterocycles. The second-order valence-corrected chi connectivity index (χ2v) is 3.35. The van der Waals surface area contributed by atoms with Gasteiger partial charge in [-0.1, -0.05) is 0 Å². The Morgan fingerprint density at radius 2 is 2.31 bits per heavy atom. The van der Waals surface area contributed by atoms with Crippen molar-refractivity contribution in [2.24, 2.45) is 16.9 Å². The molecule has 4 heteroatoms. The molecule has 0 bridgehead atoms. The highest BCUT2D eigenvalue weighted by atomic mass is 16.5. The summed E-state index contributed by atoms with van der Waals surface area (Å²) in [6, 6.07) is 0. The van der Waals surface area contributed by atoms with Gasteiger partial charge in [-0.15, -0.1) is 0 Å². The minimum Gasteiger partial charge on any atom is -0.469 e. The predicted molar refractivity (Wildman–Crippen MR) is 50.2 cm³/mol. The Hall–Kier alpha value is -1.06. The molecule has 74 valence electrons. The maximum Gasteiger partial charge on any atom is 0.308 e. The molecule has 0 amide bonds. The molecule has 0 radical (unpaired) electrons. The summed E-state index contributed by atoms with van der Waals surface area (Å²) in [5.41, 5.74) is 1.02. The van der Waals surface area contributed by atoms with E-state index in [0.29, 0.717) is 0 Å². The fourth-order valence-electron chi connectivity index (χ4n) is 1.69. The van der Waals surface area contributed by atoms with Crippen LogP contribution in [0.4, 0.5) is 0 Å². The highest BCUT2D eigenvalue weighted by Crippen LogP contribution is 2.22. The van der Waals surface area contributed by atoms with Crippen LogP contribution in [0.2, 0.25) is 0 Å². The molecule has 0 aromatic rings. The molecule has 13 heavy (non-hydrogen) atoms. The average molecular weight is 184 g/mol. The lowest BCUT2D eigenvalue weighted by Crippen LogP contribution is -2.15. The first-order valence-corrected chi connectivity index (χ1v) is 4.61. The Kier molecular flexibility index (Phi) is 3.73. The molecule has 1 aliphatic carbocycles. The molecular weight excluding hydrogens is 168 g/mol. The summed E-state index contributed by atoms with van der Waals surface area (Å²) < 4.78 is 4.70. The fourth-order valence-corrected chi connectivity index (χ4v) is 1.69. The number of rotatable bonds is 1. The second kappa shape index (κ2) is 4.84. The highest BCUT2D eigenvalue weighted by Gasteiger charge is 2.22. The van der Waals surface area contributed by atoms with E-state index in [-0.39, 0.29) is 11.9 Å². The van der Waals surface area contributed by atoms with Crippen molar-refractivity contribution in [1.29, 1.82) is 0 Å². The monoisotopic (exact) mass is 184 g/mol. The Labute approximate surface area is 78.1 Å². The van der Waals surface area contributed by atoms with Gasteiger partial charge in [0.2, 0.25) is 0 Å². The van der Waals surface area contributed by atoms with Crippen LogP contribution in [0.3, 0.4) is 0 Å². The molecule has 0 aliphatic heterocycles. The van der Waals surface area contributed by atoms with Crippen LogP contribution in [-0.2, 0) is 9.53 Å². The summed E-state index contributed by atoms with van der Waals surface area (Å²) in [6.07, 6.45) is 4.45. The van der Waals surface area contributed by atoms with E-state index in [4.69, 9.17) is 10.6 Å². The van der Waals surface area contributed by atoms with Crippen LogP contribution >= 0.6 is 0 Å². The van der Waals surface area contributed by atoms with E-state index >= 15 is 0 Å². The first kappa shape index (κ1) is 10.0. The standard InChI is InChI=1S/C9H16N2O2/c1-13-9(12)7-3-2-4-8(11-10)6-5-7/h7H,2-6,10H2,1H3/b11-8+. The quantitative estimate of drug-likeness (QED) is 0.287. The number of esters is 1. The van der Waals surface area contributed by atoms with Crippen molar-refractivity contribution in [3.05, 3.63) is 0 Å². The van der Waals surface area contributed by atoms with Gasteiger partial charge in [0.1, 0.15) is 0 Å². The number of nitrogens with two attached hydrogens (primary N) is 1. The van der Waals surface area contributed by atoms with Crippen molar-refractivity contribution in [2.75, 3.05) is 7.11 Å². The van der Waals surface area contributed by atoms with Crippen LogP contribution in [0.5, 0.6) is 0 Å². The van der Waals surface area contributed by atoms with Crippen molar-refractivity contribution in [1.82, 2.24) is 0 Å². The van der Waals surface area contributed by atoms with Gasteiger partial charge in [0.25, 0.3) is 0 Å². The average Bonchev–Trinajstić information content (AvgIpc) is 2.41. The van der Waals surface area contributed by atoms with Gasteiger partial charge in [0.05, 0.1) is 13.0 Å². The van der Waals surface area contributed by atoms with Crippen LogP contribution in [0.15, 0.2) is 5.10 Å². The molecule has 1 aliphatic rings. The number of hydrogen-bond acceptors (Lipinski definition) is 4. The van der Waals surface area contributed by atoms with E-state index < -0.39 is 0 Å². The molecule has 0 saturated heterocycles. The first-order chi connectivity index (χ1) is 6.27. The van der Waals surface area contributed by atoms with Gasteiger partial charge in [0.15, 0.2) is 0 Å². The highest BCUT2D eigenvalue weighted by molar-refractivity contribution is 5.85. The Balaban J connectivity index is 2.49. The number of hydrazone groups is 1. The zero-order valence-corrected chi connectivity index (χ0v) is 7.95. The van der Waals surface area contributed by atoms with E-state index in [9.17, 15) is 4.79 Å². The smallest absolute Gasteiger partial charge is 0.308 e. The molecule has 2 N–H and O–H groups in total. The molecule has 0 aromatic carbocycles. The molecule has 1 atom stereocenters. The summed E-state index contributed by atoms with van der Waals surface area (Å²) >= 11 is 0. The van der Waals surface area contributed by atoms with Gasteiger partial charge >= 0.3 is 5.97 Å². The van der Waals surface area contributed by atoms with Gasteiger partial charge in [-0.3, -0.25) is 4.79 Å². The van der Waals surface area contributed by atoms with E-state index in [1.165, 1.54) is 7.11 Å². The second-order valence-electron chi connectivity index (χ2n) is 3.35. The van der Waals surface area contributed by atoms with Crippen molar-refractivity contribution >= 4 is 11.7 Å². The molecule has 1 rings (SSSR count). The summed E-state index contributed by atoms with van der Waals surface area (Å²) in [6.45, 7) is 0. The van der Waals surface area contributed by atoms with Crippen LogP contribution < -0.4 is 5.84 Å². The van der Waals surface area contributed by atoms with Crippen LogP contribution in [0.1, 0.15) is 32.1 Å². The maximum atomic E-state index is 11.2. The third-order valence-electron chi connectivity index (χ3n) is 2.52. The summed E-state index contributed by atoms with van der Waals surface area (Å²) in [4.78, 5) is 11.2. The predicted octanol–water partition coefficient (Wildman–Crippen LogP) is 1.05. The zero-order chi connectivity index (χ0) is 9.68. The lowest BCUT2D eigenvalue weighted by Gasteiger charge is -2.09. The van der Waals surface area contributed by atoms with Crippen molar-refractivity contribution in [3.8, 4) is 0 Å². The Morgan fingerprint density at radius 3 is 2.92 bits per heavy atom. The minimum atomic E-state index is -0.0988. The lowest BCUT2D eigenvalue weighted by molar-refractivity contribution is -0.145. The molecule has 0 spiro atoms. The normalized spacial score (nSPS) is 26.8. The molecular formula is C9H16N2O2. The van der Waals surface area contributed by atoms with Crippen molar-refractivity contribution in [2.45, 2.75) is 32.1 Å². The zero-order valence-electron chi connectivity index (χ0n) is 7.95. The summed E-state index contributed by atoms with van der Waals surface area (Å²) in [5.74, 6) is 5.15. The van der Waals surface area contributed by atoms with E-state index in [2.05, 4.69) is 5.10 Å². The van der Waals surface area contributed by atoms with Crippen molar-refractivity contribution < 1.29 is 9.53 Å². The van der Waals surface area contributed by atoms with Gasteiger partial charge in [-0.25, -0.2) is 0 Å². The third-order valence-corrected chi connectivity index (χ3v) is 2.52. The molecule has 4 nitrogen and oxygen atoms in total. The van der Waals surface area contributed by atoms with E-state index in [0.717, 1.165) is 37.8 Å².